The van der Waals surface area contributed by atoms with Crippen LogP contribution in [0.15, 0.2) is 24.3 Å². The maximum absolute atomic E-state index is 11.2. The number of carboxylic acids is 1. The molecule has 0 bridgehead atoms. The van der Waals surface area contributed by atoms with Crippen molar-refractivity contribution in [1.29, 1.82) is 0 Å². The normalized spacial score (nSPS) is 18.7. The standard InChI is InChI=1S/C15H17N3O3/c1-21-14-13(16-11-6-2-3-7-12(11)17-14)18-8-4-5-10(9-18)15(19)20/h2-3,6-7,10H,4-5,8-9H2,1H3,(H,19,20)/t10-/m0/s1. The Morgan fingerprint density at radius 1 is 1.33 bits per heavy atom. The van der Waals surface area contributed by atoms with Gasteiger partial charge in [-0.15, -0.1) is 0 Å². The zero-order valence-electron chi connectivity index (χ0n) is 11.8. The molecule has 0 saturated carbocycles. The number of ether oxygens (including phenoxy) is 1. The summed E-state index contributed by atoms with van der Waals surface area (Å²) in [5.41, 5.74) is 1.55. The van der Waals surface area contributed by atoms with E-state index in [1.54, 1.807) is 7.11 Å². The molecule has 1 aliphatic heterocycles. The van der Waals surface area contributed by atoms with E-state index in [4.69, 9.17) is 4.74 Å². The van der Waals surface area contributed by atoms with Gasteiger partial charge < -0.3 is 14.7 Å². The van der Waals surface area contributed by atoms with Crippen molar-refractivity contribution in [3.05, 3.63) is 24.3 Å². The highest BCUT2D eigenvalue weighted by Gasteiger charge is 2.28. The lowest BCUT2D eigenvalue weighted by Gasteiger charge is -2.32. The van der Waals surface area contributed by atoms with Gasteiger partial charge in [-0.1, -0.05) is 12.1 Å². The summed E-state index contributed by atoms with van der Waals surface area (Å²) in [5, 5.41) is 9.21. The average molecular weight is 287 g/mol. The topological polar surface area (TPSA) is 75.6 Å². The van der Waals surface area contributed by atoms with Gasteiger partial charge in [0.1, 0.15) is 0 Å². The average Bonchev–Trinajstić information content (AvgIpc) is 2.53. The molecule has 2 aromatic rings. The van der Waals surface area contributed by atoms with Gasteiger partial charge in [0, 0.05) is 13.1 Å². The van der Waals surface area contributed by atoms with Gasteiger partial charge in [0.15, 0.2) is 5.82 Å². The van der Waals surface area contributed by atoms with Crippen molar-refractivity contribution in [1.82, 2.24) is 9.97 Å². The zero-order chi connectivity index (χ0) is 14.8. The van der Waals surface area contributed by atoms with Gasteiger partial charge in [0.2, 0.25) is 0 Å². The highest BCUT2D eigenvalue weighted by Crippen LogP contribution is 2.30. The van der Waals surface area contributed by atoms with E-state index in [0.29, 0.717) is 24.7 Å². The molecule has 1 aliphatic rings. The molecular formula is C15H17N3O3. The van der Waals surface area contributed by atoms with Crippen LogP contribution >= 0.6 is 0 Å². The Morgan fingerprint density at radius 2 is 2.05 bits per heavy atom. The van der Waals surface area contributed by atoms with E-state index in [1.165, 1.54) is 0 Å². The van der Waals surface area contributed by atoms with Crippen molar-refractivity contribution in [2.24, 2.45) is 5.92 Å². The number of benzene rings is 1. The highest BCUT2D eigenvalue weighted by molar-refractivity contribution is 5.78. The number of hydrogen-bond acceptors (Lipinski definition) is 5. The molecule has 6 nitrogen and oxygen atoms in total. The molecule has 3 rings (SSSR count). The van der Waals surface area contributed by atoms with Crippen molar-refractivity contribution < 1.29 is 14.6 Å². The quantitative estimate of drug-likeness (QED) is 0.929. The fourth-order valence-corrected chi connectivity index (χ4v) is 2.69. The number of fused-ring (bicyclic) bond motifs is 1. The molecule has 21 heavy (non-hydrogen) atoms. The Morgan fingerprint density at radius 3 is 2.71 bits per heavy atom. The van der Waals surface area contributed by atoms with E-state index in [0.717, 1.165) is 24.0 Å². The third kappa shape index (κ3) is 2.61. The lowest BCUT2D eigenvalue weighted by atomic mass is 9.98. The van der Waals surface area contributed by atoms with E-state index in [2.05, 4.69) is 9.97 Å². The highest BCUT2D eigenvalue weighted by atomic mass is 16.5. The molecule has 1 atom stereocenters. The predicted molar refractivity (Wildman–Crippen MR) is 78.7 cm³/mol. The van der Waals surface area contributed by atoms with Crippen LogP contribution in [0, 0.1) is 5.92 Å². The Bertz CT molecular complexity index is 674. The van der Waals surface area contributed by atoms with Gasteiger partial charge in [-0.05, 0) is 25.0 Å². The van der Waals surface area contributed by atoms with Crippen molar-refractivity contribution in [3.8, 4) is 5.88 Å². The van der Waals surface area contributed by atoms with Crippen LogP contribution in [0.5, 0.6) is 5.88 Å². The molecule has 0 amide bonds. The number of aliphatic carboxylic acids is 1. The van der Waals surface area contributed by atoms with Gasteiger partial charge in [-0.25, -0.2) is 9.97 Å². The van der Waals surface area contributed by atoms with E-state index in [-0.39, 0.29) is 5.92 Å². The van der Waals surface area contributed by atoms with Crippen molar-refractivity contribution in [2.45, 2.75) is 12.8 Å². The summed E-state index contributed by atoms with van der Waals surface area (Å²) < 4.78 is 5.34. The minimum atomic E-state index is -0.757. The van der Waals surface area contributed by atoms with Crippen LogP contribution in [-0.2, 0) is 4.79 Å². The summed E-state index contributed by atoms with van der Waals surface area (Å²) in [6, 6.07) is 7.58. The van der Waals surface area contributed by atoms with E-state index >= 15 is 0 Å². The first-order valence-electron chi connectivity index (χ1n) is 6.97. The van der Waals surface area contributed by atoms with Gasteiger partial charge in [0.05, 0.1) is 24.1 Å². The van der Waals surface area contributed by atoms with Crippen LogP contribution in [0.4, 0.5) is 5.82 Å². The first kappa shape index (κ1) is 13.6. The van der Waals surface area contributed by atoms with Crippen LogP contribution in [0.25, 0.3) is 11.0 Å². The van der Waals surface area contributed by atoms with Crippen LogP contribution in [0.1, 0.15) is 12.8 Å². The second-order valence-electron chi connectivity index (χ2n) is 5.17. The predicted octanol–water partition coefficient (Wildman–Crippen LogP) is 1.94. The summed E-state index contributed by atoms with van der Waals surface area (Å²) >= 11 is 0. The lowest BCUT2D eigenvalue weighted by molar-refractivity contribution is -0.141. The van der Waals surface area contributed by atoms with Gasteiger partial charge in [0.25, 0.3) is 5.88 Å². The monoisotopic (exact) mass is 287 g/mol. The molecule has 1 aromatic heterocycles. The molecule has 0 spiro atoms. The number of aromatic nitrogens is 2. The van der Waals surface area contributed by atoms with Crippen LogP contribution in [0.2, 0.25) is 0 Å². The van der Waals surface area contributed by atoms with E-state index < -0.39 is 5.97 Å². The molecule has 1 fully saturated rings. The zero-order valence-corrected chi connectivity index (χ0v) is 11.8. The number of carbonyl (C=O) groups is 1. The van der Waals surface area contributed by atoms with Crippen LogP contribution in [0.3, 0.4) is 0 Å². The largest absolute Gasteiger partial charge is 0.481 e. The number of methoxy groups -OCH3 is 1. The number of piperidine rings is 1. The number of anilines is 1. The van der Waals surface area contributed by atoms with Gasteiger partial charge >= 0.3 is 5.97 Å². The SMILES string of the molecule is COc1nc2ccccc2nc1N1CCC[C@H](C(=O)O)C1. The summed E-state index contributed by atoms with van der Waals surface area (Å²) in [7, 11) is 1.56. The minimum Gasteiger partial charge on any atom is -0.481 e. The fraction of sp³-hybridized carbons (Fsp3) is 0.400. The van der Waals surface area contributed by atoms with Crippen molar-refractivity contribution in [3.63, 3.8) is 0 Å². The number of carboxylic acid groups (broad SMARTS) is 1. The van der Waals surface area contributed by atoms with E-state index in [1.807, 2.05) is 29.2 Å². The minimum absolute atomic E-state index is 0.364. The second-order valence-corrected chi connectivity index (χ2v) is 5.17. The molecule has 2 heterocycles. The third-order valence-corrected chi connectivity index (χ3v) is 3.78. The third-order valence-electron chi connectivity index (χ3n) is 3.78. The number of hydrogen-bond donors (Lipinski definition) is 1. The number of nitrogens with zero attached hydrogens (tertiary/aromatic N) is 3. The lowest BCUT2D eigenvalue weighted by Crippen LogP contribution is -2.39. The van der Waals surface area contributed by atoms with Crippen molar-refractivity contribution >= 4 is 22.8 Å². The Balaban J connectivity index is 2.00. The Kier molecular flexibility index (Phi) is 3.60. The van der Waals surface area contributed by atoms with Gasteiger partial charge in [-0.2, -0.15) is 0 Å². The molecule has 1 aromatic carbocycles. The second kappa shape index (κ2) is 5.55. The molecular weight excluding hydrogens is 270 g/mol. The van der Waals surface area contributed by atoms with Crippen LogP contribution in [-0.4, -0.2) is 41.2 Å². The molecule has 0 unspecified atom stereocenters. The summed E-state index contributed by atoms with van der Waals surface area (Å²) in [6.07, 6.45) is 1.53. The van der Waals surface area contributed by atoms with E-state index in [9.17, 15) is 9.90 Å². The number of para-hydroxylation sites is 2. The first-order chi connectivity index (χ1) is 10.2. The van der Waals surface area contributed by atoms with Crippen LogP contribution < -0.4 is 9.64 Å². The molecule has 6 heteroatoms. The Hall–Kier alpha value is -2.37. The first-order valence-corrected chi connectivity index (χ1v) is 6.97. The molecule has 0 aliphatic carbocycles. The fourth-order valence-electron chi connectivity index (χ4n) is 2.69. The maximum atomic E-state index is 11.2. The molecule has 0 radical (unpaired) electrons. The smallest absolute Gasteiger partial charge is 0.308 e. The molecule has 1 saturated heterocycles. The van der Waals surface area contributed by atoms with Gasteiger partial charge in [-0.3, -0.25) is 4.79 Å². The Labute approximate surface area is 122 Å². The van der Waals surface area contributed by atoms with Crippen molar-refractivity contribution in [2.75, 3.05) is 25.1 Å². The summed E-state index contributed by atoms with van der Waals surface area (Å²) in [5.74, 6) is -0.0500. The molecule has 110 valence electrons. The molecule has 1 N–H and O–H groups in total. The summed E-state index contributed by atoms with van der Waals surface area (Å²) in [6.45, 7) is 1.21. The summed E-state index contributed by atoms with van der Waals surface area (Å²) in [4.78, 5) is 22.2. The maximum Gasteiger partial charge on any atom is 0.308 e. The number of rotatable bonds is 3.